The Balaban J connectivity index is 1.82. The minimum atomic E-state index is -0.545. The fourth-order valence-electron chi connectivity index (χ4n) is 1.88. The Morgan fingerprint density at radius 2 is 1.86 bits per heavy atom. The number of anilines is 1. The van der Waals surface area contributed by atoms with Crippen molar-refractivity contribution in [3.05, 3.63) is 64.1 Å². The zero-order valence-electron chi connectivity index (χ0n) is 12.1. The number of hydrogen-bond acceptors (Lipinski definition) is 3. The van der Waals surface area contributed by atoms with Crippen molar-refractivity contribution in [3.8, 4) is 0 Å². The molecule has 0 aromatic heterocycles. The molecule has 114 valence electrons. The van der Waals surface area contributed by atoms with Crippen molar-refractivity contribution in [3.63, 3.8) is 0 Å². The van der Waals surface area contributed by atoms with Crippen molar-refractivity contribution in [2.24, 2.45) is 0 Å². The Morgan fingerprint density at radius 1 is 1.14 bits per heavy atom. The molecule has 4 nitrogen and oxygen atoms in total. The lowest BCUT2D eigenvalue weighted by Gasteiger charge is -2.09. The van der Waals surface area contributed by atoms with Crippen LogP contribution >= 0.6 is 15.9 Å². The molecule has 1 N–H and O–H groups in total. The highest BCUT2D eigenvalue weighted by Crippen LogP contribution is 2.20. The van der Waals surface area contributed by atoms with Gasteiger partial charge in [-0.3, -0.25) is 9.59 Å². The number of carbonyl (C=O) groups is 2. The zero-order valence-corrected chi connectivity index (χ0v) is 13.7. The average Bonchev–Trinajstić information content (AvgIpc) is 2.49. The number of rotatable bonds is 5. The molecule has 5 heteroatoms. The van der Waals surface area contributed by atoms with Gasteiger partial charge in [0.05, 0.1) is 0 Å². The van der Waals surface area contributed by atoms with Gasteiger partial charge in [-0.25, -0.2) is 0 Å². The van der Waals surface area contributed by atoms with Gasteiger partial charge in [-0.2, -0.15) is 0 Å². The lowest BCUT2D eigenvalue weighted by molar-refractivity contribution is -0.146. The van der Waals surface area contributed by atoms with Crippen LogP contribution in [0.1, 0.15) is 17.5 Å². The second-order valence-electron chi connectivity index (χ2n) is 4.83. The molecule has 0 aliphatic rings. The van der Waals surface area contributed by atoms with E-state index in [2.05, 4.69) is 21.2 Å². The summed E-state index contributed by atoms with van der Waals surface area (Å²) >= 11 is 3.36. The van der Waals surface area contributed by atoms with Crippen molar-refractivity contribution in [2.45, 2.75) is 20.0 Å². The topological polar surface area (TPSA) is 55.4 Å². The maximum atomic E-state index is 11.8. The molecule has 0 atom stereocenters. The van der Waals surface area contributed by atoms with Crippen LogP contribution < -0.4 is 5.32 Å². The first-order chi connectivity index (χ1) is 10.5. The molecule has 2 rings (SSSR count). The molecular formula is C17H16BrNO3. The van der Waals surface area contributed by atoms with E-state index < -0.39 is 5.97 Å². The number of halogens is 1. The summed E-state index contributed by atoms with van der Waals surface area (Å²) in [6.07, 6.45) is -0.303. The number of hydrogen-bond donors (Lipinski definition) is 1. The SMILES string of the molecule is Cc1cc(Br)ccc1NC(=O)CC(=O)OCc1ccccc1. The highest BCUT2D eigenvalue weighted by atomic mass is 79.9. The first-order valence-electron chi connectivity index (χ1n) is 6.80. The Labute approximate surface area is 137 Å². The second-order valence-corrected chi connectivity index (χ2v) is 5.75. The van der Waals surface area contributed by atoms with Crippen molar-refractivity contribution in [1.82, 2.24) is 0 Å². The summed E-state index contributed by atoms with van der Waals surface area (Å²) in [5.41, 5.74) is 2.49. The molecule has 0 fully saturated rings. The van der Waals surface area contributed by atoms with E-state index in [0.29, 0.717) is 5.69 Å². The van der Waals surface area contributed by atoms with E-state index in [9.17, 15) is 9.59 Å². The Kier molecular flexibility index (Phi) is 5.72. The van der Waals surface area contributed by atoms with Crippen LogP contribution in [0.25, 0.3) is 0 Å². The van der Waals surface area contributed by atoms with Gasteiger partial charge in [0.2, 0.25) is 5.91 Å². The zero-order chi connectivity index (χ0) is 15.9. The van der Waals surface area contributed by atoms with Gasteiger partial charge in [0.25, 0.3) is 0 Å². The minimum absolute atomic E-state index is 0.171. The predicted molar refractivity (Wildman–Crippen MR) is 88.4 cm³/mol. The summed E-state index contributed by atoms with van der Waals surface area (Å²) in [7, 11) is 0. The molecule has 2 aromatic rings. The quantitative estimate of drug-likeness (QED) is 0.650. The van der Waals surface area contributed by atoms with E-state index in [1.807, 2.05) is 49.4 Å². The van der Waals surface area contributed by atoms with Gasteiger partial charge in [-0.1, -0.05) is 46.3 Å². The number of amides is 1. The molecule has 1 amide bonds. The van der Waals surface area contributed by atoms with Crippen molar-refractivity contribution >= 4 is 33.5 Å². The Hall–Kier alpha value is -2.14. The van der Waals surface area contributed by atoms with Crippen LogP contribution in [0.3, 0.4) is 0 Å². The molecule has 0 heterocycles. The van der Waals surface area contributed by atoms with E-state index in [1.165, 1.54) is 0 Å². The van der Waals surface area contributed by atoms with E-state index in [0.717, 1.165) is 15.6 Å². The van der Waals surface area contributed by atoms with Gasteiger partial charge in [-0.05, 0) is 36.2 Å². The van der Waals surface area contributed by atoms with Gasteiger partial charge < -0.3 is 10.1 Å². The molecule has 0 unspecified atom stereocenters. The highest BCUT2D eigenvalue weighted by molar-refractivity contribution is 9.10. The van der Waals surface area contributed by atoms with Crippen LogP contribution in [0.5, 0.6) is 0 Å². The van der Waals surface area contributed by atoms with E-state index in [-0.39, 0.29) is 18.9 Å². The number of ether oxygens (including phenoxy) is 1. The third-order valence-electron chi connectivity index (χ3n) is 3.01. The lowest BCUT2D eigenvalue weighted by atomic mass is 10.2. The monoisotopic (exact) mass is 361 g/mol. The number of carbonyl (C=O) groups excluding carboxylic acids is 2. The Morgan fingerprint density at radius 3 is 2.55 bits per heavy atom. The average molecular weight is 362 g/mol. The van der Waals surface area contributed by atoms with E-state index >= 15 is 0 Å². The summed E-state index contributed by atoms with van der Waals surface area (Å²) in [5, 5.41) is 2.71. The number of nitrogens with one attached hydrogen (secondary N) is 1. The lowest BCUT2D eigenvalue weighted by Crippen LogP contribution is -2.18. The molecule has 0 aliphatic heterocycles. The molecule has 0 saturated carbocycles. The van der Waals surface area contributed by atoms with Crippen molar-refractivity contribution in [1.29, 1.82) is 0 Å². The maximum absolute atomic E-state index is 11.8. The van der Waals surface area contributed by atoms with E-state index in [4.69, 9.17) is 4.74 Å². The first kappa shape index (κ1) is 16.2. The molecular weight excluding hydrogens is 346 g/mol. The van der Waals surface area contributed by atoms with Crippen LogP contribution in [-0.4, -0.2) is 11.9 Å². The predicted octanol–water partition coefficient (Wildman–Crippen LogP) is 3.83. The molecule has 2 aromatic carbocycles. The van der Waals surface area contributed by atoms with Crippen LogP contribution in [0.4, 0.5) is 5.69 Å². The van der Waals surface area contributed by atoms with Crippen LogP contribution in [0.15, 0.2) is 53.0 Å². The van der Waals surface area contributed by atoms with Crippen LogP contribution in [0, 0.1) is 6.92 Å². The summed E-state index contributed by atoms with van der Waals surface area (Å²) in [5.74, 6) is -0.931. The summed E-state index contributed by atoms with van der Waals surface area (Å²) in [6.45, 7) is 2.05. The smallest absolute Gasteiger partial charge is 0.315 e. The van der Waals surface area contributed by atoms with Gasteiger partial charge in [0.15, 0.2) is 0 Å². The molecule has 0 spiro atoms. The molecule has 0 radical (unpaired) electrons. The first-order valence-corrected chi connectivity index (χ1v) is 7.59. The van der Waals surface area contributed by atoms with Gasteiger partial charge in [0, 0.05) is 10.2 Å². The molecule has 0 bridgehead atoms. The second kappa shape index (κ2) is 7.75. The maximum Gasteiger partial charge on any atom is 0.315 e. The van der Waals surface area contributed by atoms with Crippen LogP contribution in [0.2, 0.25) is 0 Å². The number of benzene rings is 2. The molecule has 0 aliphatic carbocycles. The number of aryl methyl sites for hydroxylation is 1. The van der Waals surface area contributed by atoms with Crippen molar-refractivity contribution < 1.29 is 14.3 Å². The summed E-state index contributed by atoms with van der Waals surface area (Å²) < 4.78 is 6.01. The van der Waals surface area contributed by atoms with Gasteiger partial charge >= 0.3 is 5.97 Å². The normalized spacial score (nSPS) is 10.1. The highest BCUT2D eigenvalue weighted by Gasteiger charge is 2.12. The number of esters is 1. The van der Waals surface area contributed by atoms with Crippen molar-refractivity contribution in [2.75, 3.05) is 5.32 Å². The molecule has 22 heavy (non-hydrogen) atoms. The third kappa shape index (κ3) is 5.00. The fourth-order valence-corrected chi connectivity index (χ4v) is 2.36. The molecule has 0 saturated heterocycles. The minimum Gasteiger partial charge on any atom is -0.460 e. The summed E-state index contributed by atoms with van der Waals surface area (Å²) in [4.78, 5) is 23.5. The van der Waals surface area contributed by atoms with Crippen LogP contribution in [-0.2, 0) is 20.9 Å². The largest absolute Gasteiger partial charge is 0.460 e. The summed E-state index contributed by atoms with van der Waals surface area (Å²) in [6, 6.07) is 14.8. The fraction of sp³-hybridized carbons (Fsp3) is 0.176. The standard InChI is InChI=1S/C17H16BrNO3/c1-12-9-14(18)7-8-15(12)19-16(20)10-17(21)22-11-13-5-3-2-4-6-13/h2-9H,10-11H2,1H3,(H,19,20). The third-order valence-corrected chi connectivity index (χ3v) is 3.50. The Bertz CT molecular complexity index is 671. The van der Waals surface area contributed by atoms with Gasteiger partial charge in [-0.15, -0.1) is 0 Å². The van der Waals surface area contributed by atoms with E-state index in [1.54, 1.807) is 6.07 Å². The van der Waals surface area contributed by atoms with Gasteiger partial charge in [0.1, 0.15) is 13.0 Å².